The van der Waals surface area contributed by atoms with Gasteiger partial charge in [0.25, 0.3) is 0 Å². The van der Waals surface area contributed by atoms with Crippen LogP contribution in [-0.4, -0.2) is 26.6 Å². The fourth-order valence-electron chi connectivity index (χ4n) is 2.74. The summed E-state index contributed by atoms with van der Waals surface area (Å²) in [6.45, 7) is 4.37. The Balaban J connectivity index is 1.99. The summed E-state index contributed by atoms with van der Waals surface area (Å²) in [6, 6.07) is 0. The highest BCUT2D eigenvalue weighted by Crippen LogP contribution is 2.32. The summed E-state index contributed by atoms with van der Waals surface area (Å²) >= 11 is 0. The molecule has 0 unspecified atom stereocenters. The molecule has 22 heavy (non-hydrogen) atoms. The highest BCUT2D eigenvalue weighted by Gasteiger charge is 2.31. The van der Waals surface area contributed by atoms with Crippen molar-refractivity contribution in [3.05, 3.63) is 46.2 Å². The van der Waals surface area contributed by atoms with Crippen LogP contribution in [0.5, 0.6) is 0 Å². The van der Waals surface area contributed by atoms with Crippen molar-refractivity contribution in [3.8, 4) is 0 Å². The monoisotopic (exact) mass is 300 g/mol. The van der Waals surface area contributed by atoms with Gasteiger partial charge in [0.1, 0.15) is 5.76 Å². The zero-order chi connectivity index (χ0) is 15.9. The number of ketones is 1. The summed E-state index contributed by atoms with van der Waals surface area (Å²) in [4.78, 5) is 23.7. The van der Waals surface area contributed by atoms with Crippen molar-refractivity contribution in [1.29, 1.82) is 0 Å². The Morgan fingerprint density at radius 1 is 1.50 bits per heavy atom. The summed E-state index contributed by atoms with van der Waals surface area (Å²) < 4.78 is 7.11. The molecule has 114 valence electrons. The highest BCUT2D eigenvalue weighted by atomic mass is 16.4. The minimum absolute atomic E-state index is 0.140. The average molecular weight is 300 g/mol. The molecular formula is C16H16N2O4. The molecule has 1 aliphatic carbocycles. The van der Waals surface area contributed by atoms with E-state index in [-0.39, 0.29) is 11.5 Å². The van der Waals surface area contributed by atoms with E-state index in [1.807, 2.05) is 19.2 Å². The summed E-state index contributed by atoms with van der Waals surface area (Å²) in [5.74, 6) is -0.964. The van der Waals surface area contributed by atoms with Crippen LogP contribution in [-0.2, 0) is 13.0 Å². The predicted octanol–water partition coefficient (Wildman–Crippen LogP) is 2.72. The Hall–Kier alpha value is -2.63. The Kier molecular flexibility index (Phi) is 3.44. The molecule has 0 atom stereocenters. The summed E-state index contributed by atoms with van der Waals surface area (Å²) in [5.41, 5.74) is 2.33. The maximum absolute atomic E-state index is 12.6. The molecular weight excluding hydrogens is 284 g/mol. The van der Waals surface area contributed by atoms with Crippen LogP contribution in [0, 0.1) is 6.92 Å². The van der Waals surface area contributed by atoms with Gasteiger partial charge in [-0.2, -0.15) is 5.10 Å². The van der Waals surface area contributed by atoms with E-state index in [4.69, 9.17) is 9.52 Å². The standard InChI is InChI=1S/C16H16N2O4/c1-3-18-8-10(7-17-18)6-11-4-5-12-13(14(11)19)9(2)15(22-12)16(20)21/h6-8H,3-5H2,1-2H3,(H,20,21)/b11-6-. The van der Waals surface area contributed by atoms with Crippen molar-refractivity contribution in [3.63, 3.8) is 0 Å². The molecule has 0 bridgehead atoms. The van der Waals surface area contributed by atoms with Gasteiger partial charge >= 0.3 is 5.97 Å². The van der Waals surface area contributed by atoms with Gasteiger partial charge < -0.3 is 9.52 Å². The van der Waals surface area contributed by atoms with Gasteiger partial charge in [-0.1, -0.05) is 0 Å². The number of carbonyl (C=O) groups excluding carboxylic acids is 1. The van der Waals surface area contributed by atoms with Crippen LogP contribution in [0.2, 0.25) is 0 Å². The van der Waals surface area contributed by atoms with Gasteiger partial charge in [0, 0.05) is 35.9 Å². The Labute approximate surface area is 127 Å². The first kappa shape index (κ1) is 14.3. The molecule has 0 spiro atoms. The van der Waals surface area contributed by atoms with Crippen LogP contribution >= 0.6 is 0 Å². The smallest absolute Gasteiger partial charge is 0.372 e. The maximum Gasteiger partial charge on any atom is 0.372 e. The Bertz CT molecular complexity index is 795. The number of fused-ring (bicyclic) bond motifs is 1. The molecule has 2 aromatic rings. The molecule has 3 rings (SSSR count). The molecule has 0 aromatic carbocycles. The normalized spacial score (nSPS) is 16.1. The molecule has 0 fully saturated rings. The number of carboxylic acids is 1. The molecule has 0 radical (unpaired) electrons. The van der Waals surface area contributed by atoms with E-state index >= 15 is 0 Å². The largest absolute Gasteiger partial charge is 0.475 e. The Morgan fingerprint density at radius 3 is 2.91 bits per heavy atom. The Morgan fingerprint density at radius 2 is 2.27 bits per heavy atom. The molecule has 0 saturated carbocycles. The number of furan rings is 1. The van der Waals surface area contributed by atoms with E-state index in [1.54, 1.807) is 17.8 Å². The van der Waals surface area contributed by atoms with Crippen molar-refractivity contribution in [1.82, 2.24) is 9.78 Å². The topological polar surface area (TPSA) is 85.3 Å². The SMILES string of the molecule is CCn1cc(/C=C2/CCc3oc(C(=O)O)c(C)c3C2=O)cn1. The van der Waals surface area contributed by atoms with Gasteiger partial charge in [0.2, 0.25) is 5.76 Å². The minimum Gasteiger partial charge on any atom is -0.475 e. The second kappa shape index (κ2) is 5.29. The highest BCUT2D eigenvalue weighted by molar-refractivity contribution is 6.14. The number of rotatable bonds is 3. The number of nitrogens with zero attached hydrogens (tertiary/aromatic N) is 2. The fourth-order valence-corrected chi connectivity index (χ4v) is 2.74. The van der Waals surface area contributed by atoms with Crippen LogP contribution in [0.15, 0.2) is 22.4 Å². The predicted molar refractivity (Wildman–Crippen MR) is 78.9 cm³/mol. The number of allylic oxidation sites excluding steroid dienone is 1. The lowest BCUT2D eigenvalue weighted by Crippen LogP contribution is -2.13. The molecule has 0 saturated heterocycles. The molecule has 6 nitrogen and oxygen atoms in total. The number of carboxylic acid groups (broad SMARTS) is 1. The van der Waals surface area contributed by atoms with Crippen LogP contribution in [0.1, 0.15) is 51.1 Å². The van der Waals surface area contributed by atoms with E-state index in [0.717, 1.165) is 12.1 Å². The maximum atomic E-state index is 12.6. The second-order valence-electron chi connectivity index (χ2n) is 5.29. The first-order valence-corrected chi connectivity index (χ1v) is 7.14. The third-order valence-electron chi connectivity index (χ3n) is 3.87. The molecule has 1 N–H and O–H groups in total. The van der Waals surface area contributed by atoms with E-state index in [2.05, 4.69) is 5.10 Å². The number of hydrogen-bond donors (Lipinski definition) is 1. The van der Waals surface area contributed by atoms with Gasteiger partial charge in [-0.3, -0.25) is 9.48 Å². The minimum atomic E-state index is -1.14. The van der Waals surface area contributed by atoms with Crippen LogP contribution in [0.25, 0.3) is 6.08 Å². The molecule has 2 heterocycles. The summed E-state index contributed by atoms with van der Waals surface area (Å²) in [7, 11) is 0. The zero-order valence-corrected chi connectivity index (χ0v) is 12.4. The van der Waals surface area contributed by atoms with Crippen molar-refractivity contribution in [2.75, 3.05) is 0 Å². The summed E-state index contributed by atoms with van der Waals surface area (Å²) in [6.07, 6.45) is 6.47. The average Bonchev–Trinajstić information content (AvgIpc) is 3.07. The fraction of sp³-hybridized carbons (Fsp3) is 0.312. The first-order chi connectivity index (χ1) is 10.5. The molecule has 0 amide bonds. The first-order valence-electron chi connectivity index (χ1n) is 7.14. The lowest BCUT2D eigenvalue weighted by Gasteiger charge is -2.12. The van der Waals surface area contributed by atoms with Gasteiger partial charge in [-0.15, -0.1) is 0 Å². The van der Waals surface area contributed by atoms with Gasteiger partial charge in [0.05, 0.1) is 11.8 Å². The van der Waals surface area contributed by atoms with Gasteiger partial charge in [-0.05, 0) is 26.3 Å². The summed E-state index contributed by atoms with van der Waals surface area (Å²) in [5, 5.41) is 13.3. The molecule has 6 heteroatoms. The molecule has 0 aliphatic heterocycles. The van der Waals surface area contributed by atoms with E-state index in [9.17, 15) is 9.59 Å². The number of aryl methyl sites for hydroxylation is 2. The molecule has 2 aromatic heterocycles. The van der Waals surface area contributed by atoms with Crippen molar-refractivity contribution in [2.45, 2.75) is 33.2 Å². The lowest BCUT2D eigenvalue weighted by atomic mass is 9.88. The number of carbonyl (C=O) groups is 2. The zero-order valence-electron chi connectivity index (χ0n) is 12.4. The van der Waals surface area contributed by atoms with E-state index in [0.29, 0.717) is 35.3 Å². The number of Topliss-reactive ketones (excluding diaryl/α,β-unsaturated/α-hetero) is 1. The van der Waals surface area contributed by atoms with Crippen molar-refractivity contribution < 1.29 is 19.1 Å². The van der Waals surface area contributed by atoms with Gasteiger partial charge in [0.15, 0.2) is 5.78 Å². The van der Waals surface area contributed by atoms with E-state index in [1.165, 1.54) is 0 Å². The van der Waals surface area contributed by atoms with Crippen molar-refractivity contribution in [2.24, 2.45) is 0 Å². The third-order valence-corrected chi connectivity index (χ3v) is 3.87. The quantitative estimate of drug-likeness (QED) is 0.881. The third kappa shape index (κ3) is 2.26. The second-order valence-corrected chi connectivity index (χ2v) is 5.29. The van der Waals surface area contributed by atoms with E-state index < -0.39 is 5.97 Å². The molecule has 1 aliphatic rings. The van der Waals surface area contributed by atoms with Crippen LogP contribution in [0.4, 0.5) is 0 Å². The van der Waals surface area contributed by atoms with Gasteiger partial charge in [-0.25, -0.2) is 4.79 Å². The van der Waals surface area contributed by atoms with Crippen LogP contribution < -0.4 is 0 Å². The number of aromatic nitrogens is 2. The lowest BCUT2D eigenvalue weighted by molar-refractivity contribution is 0.0659. The number of hydrogen-bond acceptors (Lipinski definition) is 4. The van der Waals surface area contributed by atoms with Crippen LogP contribution in [0.3, 0.4) is 0 Å². The number of aromatic carboxylic acids is 1. The van der Waals surface area contributed by atoms with Crippen molar-refractivity contribution >= 4 is 17.8 Å².